The van der Waals surface area contributed by atoms with Gasteiger partial charge in [0.1, 0.15) is 5.54 Å². The summed E-state index contributed by atoms with van der Waals surface area (Å²) in [5.41, 5.74) is 7.61. The molecular weight excluding hydrogens is 408 g/mol. The fourth-order valence-corrected chi connectivity index (χ4v) is 6.56. The minimum absolute atomic E-state index is 0.0702. The van der Waals surface area contributed by atoms with Gasteiger partial charge in [-0.25, -0.2) is 4.99 Å². The standard InChI is InChI=1S/C28H42N4O/c1-21(2)32-26(33)28(31-27(32)29,16-15-22-8-4-3-5-9-22)19-25-11-6-10-23(18-25)13-14-24-12-7-17-30-20-24/h7,12,17,20,22-23,25H,1,3-6,8-11,13-16,18-19H2,2H3,(H2,29,31)/t23-,25-,28+/m0/s1. The Morgan fingerprint density at radius 2 is 1.88 bits per heavy atom. The topological polar surface area (TPSA) is 71.6 Å². The van der Waals surface area contributed by atoms with Crippen molar-refractivity contribution in [3.8, 4) is 0 Å². The number of aliphatic imine (C=N–C) groups is 1. The summed E-state index contributed by atoms with van der Waals surface area (Å²) < 4.78 is 0. The summed E-state index contributed by atoms with van der Waals surface area (Å²) in [6, 6.07) is 4.20. The highest BCUT2D eigenvalue weighted by molar-refractivity contribution is 6.08. The predicted molar refractivity (Wildman–Crippen MR) is 134 cm³/mol. The van der Waals surface area contributed by atoms with Gasteiger partial charge in [-0.05, 0) is 74.8 Å². The molecule has 3 atom stereocenters. The molecule has 0 saturated heterocycles. The van der Waals surface area contributed by atoms with Gasteiger partial charge in [0.2, 0.25) is 5.96 Å². The number of nitrogens with two attached hydrogens (primary N) is 1. The van der Waals surface area contributed by atoms with Crippen LogP contribution < -0.4 is 5.73 Å². The van der Waals surface area contributed by atoms with E-state index in [0.29, 0.717) is 17.6 Å². The van der Waals surface area contributed by atoms with Crippen molar-refractivity contribution in [2.45, 2.75) is 102 Å². The van der Waals surface area contributed by atoms with Crippen LogP contribution in [0.3, 0.4) is 0 Å². The Morgan fingerprint density at radius 1 is 1.12 bits per heavy atom. The molecule has 2 saturated carbocycles. The molecule has 1 aromatic heterocycles. The molecule has 4 rings (SSSR count). The van der Waals surface area contributed by atoms with E-state index >= 15 is 0 Å². The molecule has 1 aliphatic heterocycles. The van der Waals surface area contributed by atoms with Crippen molar-refractivity contribution in [3.63, 3.8) is 0 Å². The second kappa shape index (κ2) is 10.8. The summed E-state index contributed by atoms with van der Waals surface area (Å²) in [5, 5.41) is 0. The number of hydrogen-bond acceptors (Lipinski definition) is 4. The number of hydrogen-bond donors (Lipinski definition) is 1. The van der Waals surface area contributed by atoms with Crippen molar-refractivity contribution >= 4 is 11.9 Å². The van der Waals surface area contributed by atoms with Crippen LogP contribution in [0.2, 0.25) is 0 Å². The third kappa shape index (κ3) is 5.85. The van der Waals surface area contributed by atoms with Crippen LogP contribution in [0, 0.1) is 17.8 Å². The Labute approximate surface area is 199 Å². The molecule has 1 aromatic rings. The van der Waals surface area contributed by atoms with Crippen molar-refractivity contribution < 1.29 is 4.79 Å². The van der Waals surface area contributed by atoms with E-state index in [1.165, 1.54) is 69.8 Å². The van der Waals surface area contributed by atoms with Gasteiger partial charge >= 0.3 is 0 Å². The zero-order valence-electron chi connectivity index (χ0n) is 20.5. The summed E-state index contributed by atoms with van der Waals surface area (Å²) in [4.78, 5) is 24.4. The number of aromatic nitrogens is 1. The Bertz CT molecular complexity index is 845. The minimum Gasteiger partial charge on any atom is -0.369 e. The highest BCUT2D eigenvalue weighted by Gasteiger charge is 2.49. The van der Waals surface area contributed by atoms with E-state index in [1.54, 1.807) is 4.90 Å². The van der Waals surface area contributed by atoms with E-state index < -0.39 is 5.54 Å². The number of carbonyl (C=O) groups is 1. The number of aryl methyl sites for hydroxylation is 1. The molecule has 5 heteroatoms. The molecule has 2 N–H and O–H groups in total. The van der Waals surface area contributed by atoms with Crippen LogP contribution in [0.15, 0.2) is 41.8 Å². The zero-order valence-corrected chi connectivity index (χ0v) is 20.5. The van der Waals surface area contributed by atoms with Gasteiger partial charge in [-0.2, -0.15) is 0 Å². The molecule has 2 aliphatic carbocycles. The smallest absolute Gasteiger partial charge is 0.261 e. The van der Waals surface area contributed by atoms with Crippen LogP contribution >= 0.6 is 0 Å². The molecule has 0 spiro atoms. The first-order chi connectivity index (χ1) is 16.0. The van der Waals surface area contributed by atoms with Gasteiger partial charge in [0.25, 0.3) is 5.91 Å². The van der Waals surface area contributed by atoms with Crippen LogP contribution in [-0.2, 0) is 11.2 Å². The van der Waals surface area contributed by atoms with Gasteiger partial charge in [0.15, 0.2) is 0 Å². The summed E-state index contributed by atoms with van der Waals surface area (Å²) in [5.74, 6) is 2.40. The molecule has 180 valence electrons. The Morgan fingerprint density at radius 3 is 2.58 bits per heavy atom. The largest absolute Gasteiger partial charge is 0.369 e. The normalized spacial score (nSPS) is 28.7. The SMILES string of the molecule is C=C(C)N1C(=O)[C@@](CCC2CCCCC2)(C[C@H]2CCC[C@@H](CCc3cccnc3)C2)N=C1N. The fraction of sp³-hybridized carbons (Fsp3) is 0.679. The van der Waals surface area contributed by atoms with Crippen molar-refractivity contribution in [3.05, 3.63) is 42.4 Å². The van der Waals surface area contributed by atoms with E-state index in [4.69, 9.17) is 10.7 Å². The summed E-state index contributed by atoms with van der Waals surface area (Å²) in [6.07, 6.45) is 20.4. The number of guanidine groups is 1. The maximum absolute atomic E-state index is 13.7. The van der Waals surface area contributed by atoms with Gasteiger partial charge in [-0.3, -0.25) is 14.7 Å². The van der Waals surface area contributed by atoms with E-state index in [-0.39, 0.29) is 5.91 Å². The molecule has 5 nitrogen and oxygen atoms in total. The summed E-state index contributed by atoms with van der Waals surface area (Å²) >= 11 is 0. The van der Waals surface area contributed by atoms with Crippen molar-refractivity contribution in [1.82, 2.24) is 9.88 Å². The predicted octanol–water partition coefficient (Wildman–Crippen LogP) is 6.00. The minimum atomic E-state index is -0.684. The first-order valence-corrected chi connectivity index (χ1v) is 13.2. The second-order valence-electron chi connectivity index (χ2n) is 10.9. The molecule has 2 heterocycles. The first-order valence-electron chi connectivity index (χ1n) is 13.2. The van der Waals surface area contributed by atoms with Crippen LogP contribution in [0.25, 0.3) is 0 Å². The number of pyridine rings is 1. The Hall–Kier alpha value is -2.17. The molecular formula is C28H42N4O. The van der Waals surface area contributed by atoms with Crippen molar-refractivity contribution in [2.75, 3.05) is 0 Å². The molecule has 0 unspecified atom stereocenters. The highest BCUT2D eigenvalue weighted by Crippen LogP contribution is 2.43. The molecule has 0 aromatic carbocycles. The lowest BCUT2D eigenvalue weighted by atomic mass is 9.71. The third-order valence-corrected chi connectivity index (χ3v) is 8.31. The maximum atomic E-state index is 13.7. The Kier molecular flexibility index (Phi) is 7.87. The Balaban J connectivity index is 1.43. The number of amides is 1. The first kappa shape index (κ1) is 24.0. The van der Waals surface area contributed by atoms with Crippen LogP contribution in [0.1, 0.15) is 96.0 Å². The van der Waals surface area contributed by atoms with Crippen LogP contribution in [-0.4, -0.2) is 27.3 Å². The molecule has 33 heavy (non-hydrogen) atoms. The zero-order chi connectivity index (χ0) is 23.3. The fourth-order valence-electron chi connectivity index (χ4n) is 6.56. The van der Waals surface area contributed by atoms with Gasteiger partial charge in [-0.15, -0.1) is 0 Å². The lowest BCUT2D eigenvalue weighted by molar-refractivity contribution is -0.131. The average Bonchev–Trinajstić information content (AvgIpc) is 3.07. The quantitative estimate of drug-likeness (QED) is 0.501. The van der Waals surface area contributed by atoms with Crippen LogP contribution in [0.5, 0.6) is 0 Å². The number of allylic oxidation sites excluding steroid dienone is 1. The van der Waals surface area contributed by atoms with E-state index in [9.17, 15) is 4.79 Å². The van der Waals surface area contributed by atoms with Gasteiger partial charge < -0.3 is 5.73 Å². The lowest BCUT2D eigenvalue weighted by Crippen LogP contribution is -2.44. The molecule has 0 bridgehead atoms. The van der Waals surface area contributed by atoms with E-state index in [2.05, 4.69) is 17.6 Å². The van der Waals surface area contributed by atoms with Crippen molar-refractivity contribution in [1.29, 1.82) is 0 Å². The lowest BCUT2D eigenvalue weighted by Gasteiger charge is -2.35. The molecule has 0 radical (unpaired) electrons. The van der Waals surface area contributed by atoms with Crippen LogP contribution in [0.4, 0.5) is 0 Å². The molecule has 2 fully saturated rings. The third-order valence-electron chi connectivity index (χ3n) is 8.31. The van der Waals surface area contributed by atoms with Crippen molar-refractivity contribution in [2.24, 2.45) is 28.5 Å². The summed E-state index contributed by atoms with van der Waals surface area (Å²) in [6.45, 7) is 5.86. The number of nitrogens with zero attached hydrogens (tertiary/aromatic N) is 3. The van der Waals surface area contributed by atoms with Gasteiger partial charge in [0, 0.05) is 18.1 Å². The average molecular weight is 451 g/mol. The highest BCUT2D eigenvalue weighted by atomic mass is 16.2. The monoisotopic (exact) mass is 450 g/mol. The summed E-state index contributed by atoms with van der Waals surface area (Å²) in [7, 11) is 0. The molecule has 1 amide bonds. The maximum Gasteiger partial charge on any atom is 0.261 e. The van der Waals surface area contributed by atoms with E-state index in [1.807, 2.05) is 25.4 Å². The number of rotatable bonds is 9. The van der Waals surface area contributed by atoms with Gasteiger partial charge in [0.05, 0.1) is 0 Å². The van der Waals surface area contributed by atoms with Gasteiger partial charge in [-0.1, -0.05) is 64.0 Å². The number of carbonyl (C=O) groups excluding carboxylic acids is 1. The second-order valence-corrected chi connectivity index (χ2v) is 10.9. The van der Waals surface area contributed by atoms with E-state index in [0.717, 1.165) is 37.5 Å². The molecule has 3 aliphatic rings.